The van der Waals surface area contributed by atoms with E-state index in [1.165, 1.54) is 4.90 Å². The zero-order chi connectivity index (χ0) is 20.4. The Hall–Kier alpha value is -2.65. The van der Waals surface area contributed by atoms with Crippen LogP contribution in [0.3, 0.4) is 0 Å². The molecule has 4 rings (SSSR count). The van der Waals surface area contributed by atoms with Gasteiger partial charge in [-0.25, -0.2) is 9.78 Å². The van der Waals surface area contributed by atoms with E-state index in [2.05, 4.69) is 21.7 Å². The Balaban J connectivity index is 0.00000256. The number of piperidine rings is 1. The molecule has 4 amide bonds. The van der Waals surface area contributed by atoms with Crippen molar-refractivity contribution >= 4 is 29.6 Å². The molecule has 1 fully saturated rings. The van der Waals surface area contributed by atoms with Crippen molar-refractivity contribution in [2.45, 2.75) is 32.0 Å². The van der Waals surface area contributed by atoms with E-state index in [1.807, 2.05) is 0 Å². The van der Waals surface area contributed by atoms with Gasteiger partial charge in [-0.2, -0.15) is 0 Å². The van der Waals surface area contributed by atoms with Crippen LogP contribution < -0.4 is 10.6 Å². The summed E-state index contributed by atoms with van der Waals surface area (Å²) in [5, 5.41) is 4.76. The average molecular weight is 482 g/mol. The van der Waals surface area contributed by atoms with Crippen molar-refractivity contribution in [2.75, 3.05) is 5.32 Å². The summed E-state index contributed by atoms with van der Waals surface area (Å²) in [5.74, 6) is -0.748. The molecule has 0 aliphatic carbocycles. The third-order valence-corrected chi connectivity index (χ3v) is 4.75. The normalized spacial score (nSPS) is 17.7. The largest absolute Gasteiger partial charge is 0.446 e. The summed E-state index contributed by atoms with van der Waals surface area (Å²) in [4.78, 5) is 53.4. The van der Waals surface area contributed by atoms with Gasteiger partial charge in [0.2, 0.25) is 11.8 Å². The molecule has 2 aromatic rings. The first-order valence-corrected chi connectivity index (χ1v) is 9.05. The van der Waals surface area contributed by atoms with Crippen molar-refractivity contribution in [1.82, 2.24) is 15.2 Å². The number of nitrogens with one attached hydrogen (secondary N) is 2. The number of benzene rings is 1. The number of nitrogens with zero attached hydrogens (tertiary/aromatic N) is 2. The minimum absolute atomic E-state index is 0. The quantitative estimate of drug-likeness (QED) is 0.503. The molecule has 3 heterocycles. The van der Waals surface area contributed by atoms with Crippen LogP contribution in [-0.2, 0) is 60.2 Å². The number of carbonyl (C=O) groups excluding carboxylic acids is 4. The molecule has 151 valence electrons. The summed E-state index contributed by atoms with van der Waals surface area (Å²) >= 11 is 0. The van der Waals surface area contributed by atoms with Crippen molar-refractivity contribution in [3.8, 4) is 0 Å². The smallest absolute Gasteiger partial charge is 0.413 e. The maximum atomic E-state index is 12.8. The van der Waals surface area contributed by atoms with Crippen LogP contribution in [0, 0.1) is 6.07 Å². The van der Waals surface area contributed by atoms with Gasteiger partial charge in [-0.15, -0.1) is 23.8 Å². The fraction of sp³-hybridized carbons (Fsp3) is 0.250. The summed E-state index contributed by atoms with van der Waals surface area (Å²) in [7, 11) is 0. The molecule has 1 aromatic carbocycles. The number of anilines is 1. The molecule has 9 nitrogen and oxygen atoms in total. The van der Waals surface area contributed by atoms with Gasteiger partial charge in [0, 0.05) is 51.9 Å². The molecule has 1 atom stereocenters. The standard InChI is InChI=1S/C20H17N4O5.Y/c25-17-7-6-15(18(26)23-17)24-10-13-5-4-12(9-14(13)19(24)27)11-29-20(28)22-16-3-1-2-8-21-16;/h1-5,8,15H,6-7,10-11H2,(H,21,22,28)(H,23,25,26);/q-1;. The molecular formula is C20H17N4O5Y-. The van der Waals surface area contributed by atoms with E-state index in [9.17, 15) is 19.2 Å². The van der Waals surface area contributed by atoms with Gasteiger partial charge in [-0.3, -0.25) is 20.2 Å². The first-order valence-electron chi connectivity index (χ1n) is 9.05. The number of carbonyl (C=O) groups is 4. The first-order chi connectivity index (χ1) is 14.0. The fourth-order valence-electron chi connectivity index (χ4n) is 3.32. The van der Waals surface area contributed by atoms with Crippen LogP contribution in [0.15, 0.2) is 36.5 Å². The van der Waals surface area contributed by atoms with Crippen LogP contribution in [-0.4, -0.2) is 39.7 Å². The predicted molar refractivity (Wildman–Crippen MR) is 99.4 cm³/mol. The van der Waals surface area contributed by atoms with Crippen LogP contribution in [0.2, 0.25) is 0 Å². The molecule has 2 aliphatic rings. The third-order valence-electron chi connectivity index (χ3n) is 4.75. The van der Waals surface area contributed by atoms with Crippen molar-refractivity contribution in [3.63, 3.8) is 0 Å². The molecule has 1 unspecified atom stereocenters. The Labute approximate surface area is 197 Å². The van der Waals surface area contributed by atoms with Gasteiger partial charge in [0.15, 0.2) is 5.91 Å². The zero-order valence-corrected chi connectivity index (χ0v) is 18.7. The Morgan fingerprint density at radius 3 is 2.83 bits per heavy atom. The Bertz CT molecular complexity index is 998. The second kappa shape index (κ2) is 9.44. The summed E-state index contributed by atoms with van der Waals surface area (Å²) < 4.78 is 5.15. The van der Waals surface area contributed by atoms with Gasteiger partial charge >= 0.3 is 6.09 Å². The molecule has 0 spiro atoms. The topological polar surface area (TPSA) is 118 Å². The molecule has 1 aromatic heterocycles. The molecule has 2 N–H and O–H groups in total. The zero-order valence-electron chi connectivity index (χ0n) is 15.9. The number of hydrogen-bond donors (Lipinski definition) is 2. The maximum Gasteiger partial charge on any atom is 0.413 e. The number of rotatable bonds is 4. The number of aromatic nitrogens is 1. The SMILES string of the molecule is O=C1CCC(N2Cc3ccc(COC(=O)Nc4ccccn4)[c-]c3C2=O)C(=O)N1.[Y]. The number of fused-ring (bicyclic) bond motifs is 1. The number of ether oxygens (including phenoxy) is 1. The van der Waals surface area contributed by atoms with Crippen molar-refractivity contribution in [2.24, 2.45) is 0 Å². The first kappa shape index (κ1) is 22.0. The van der Waals surface area contributed by atoms with Crippen LogP contribution in [0.5, 0.6) is 0 Å². The molecule has 1 saturated heterocycles. The minimum Gasteiger partial charge on any atom is -0.446 e. The fourth-order valence-corrected chi connectivity index (χ4v) is 3.32. The van der Waals surface area contributed by atoms with Crippen LogP contribution in [0.25, 0.3) is 0 Å². The van der Waals surface area contributed by atoms with Gasteiger partial charge in [0.05, 0.1) is 0 Å². The molecule has 0 bridgehead atoms. The second-order valence-electron chi connectivity index (χ2n) is 6.70. The van der Waals surface area contributed by atoms with Gasteiger partial charge in [0.25, 0.3) is 0 Å². The van der Waals surface area contributed by atoms with E-state index in [0.717, 1.165) is 5.56 Å². The van der Waals surface area contributed by atoms with E-state index in [-0.39, 0.29) is 64.1 Å². The van der Waals surface area contributed by atoms with Gasteiger partial charge in [-0.1, -0.05) is 17.2 Å². The Kier molecular flexibility index (Phi) is 6.94. The van der Waals surface area contributed by atoms with Crippen LogP contribution >= 0.6 is 0 Å². The molecule has 30 heavy (non-hydrogen) atoms. The average Bonchev–Trinajstić information content (AvgIpc) is 3.03. The maximum absolute atomic E-state index is 12.8. The van der Waals surface area contributed by atoms with E-state index in [0.29, 0.717) is 23.4 Å². The van der Waals surface area contributed by atoms with E-state index in [4.69, 9.17) is 4.74 Å². The predicted octanol–water partition coefficient (Wildman–Crippen LogP) is 1.39. The Morgan fingerprint density at radius 2 is 2.10 bits per heavy atom. The molecule has 10 heteroatoms. The molecule has 2 aliphatic heterocycles. The van der Waals surface area contributed by atoms with Gasteiger partial charge in [0.1, 0.15) is 18.5 Å². The van der Waals surface area contributed by atoms with Crippen molar-refractivity contribution in [1.29, 1.82) is 0 Å². The number of amides is 4. The number of pyridine rings is 1. The summed E-state index contributed by atoms with van der Waals surface area (Å²) in [6, 6.07) is 10.9. The van der Waals surface area contributed by atoms with Crippen molar-refractivity contribution < 1.29 is 56.6 Å². The van der Waals surface area contributed by atoms with Crippen LogP contribution in [0.4, 0.5) is 10.6 Å². The molecule has 1 radical (unpaired) electrons. The minimum atomic E-state index is -0.676. The summed E-state index contributed by atoms with van der Waals surface area (Å²) in [6.07, 6.45) is 1.37. The third kappa shape index (κ3) is 4.74. The Morgan fingerprint density at radius 1 is 1.27 bits per heavy atom. The summed E-state index contributed by atoms with van der Waals surface area (Å²) in [5.41, 5.74) is 1.61. The van der Waals surface area contributed by atoms with Gasteiger partial charge < -0.3 is 14.4 Å². The number of imide groups is 1. The van der Waals surface area contributed by atoms with Crippen LogP contribution in [0.1, 0.15) is 34.3 Å². The molecule has 0 saturated carbocycles. The van der Waals surface area contributed by atoms with Gasteiger partial charge in [-0.05, 0) is 18.6 Å². The monoisotopic (exact) mass is 482 g/mol. The second-order valence-corrected chi connectivity index (χ2v) is 6.70. The summed E-state index contributed by atoms with van der Waals surface area (Å²) in [6.45, 7) is 0.204. The number of hydrogen-bond acceptors (Lipinski definition) is 6. The van der Waals surface area contributed by atoms with Crippen molar-refractivity contribution in [3.05, 3.63) is 59.3 Å². The van der Waals surface area contributed by atoms with E-state index in [1.54, 1.807) is 36.5 Å². The molecular weight excluding hydrogens is 465 g/mol. The van der Waals surface area contributed by atoms with E-state index < -0.39 is 18.0 Å². The van der Waals surface area contributed by atoms with E-state index >= 15 is 0 Å².